The Morgan fingerprint density at radius 3 is 3.08 bits per heavy atom. The van der Waals surface area contributed by atoms with Crippen molar-refractivity contribution in [3.63, 3.8) is 0 Å². The smallest absolute Gasteiger partial charge is 0.262 e. The van der Waals surface area contributed by atoms with Gasteiger partial charge < -0.3 is 15.4 Å². The quantitative estimate of drug-likeness (QED) is 0.744. The molecule has 0 saturated carbocycles. The van der Waals surface area contributed by atoms with Gasteiger partial charge in [0.25, 0.3) is 11.8 Å². The van der Waals surface area contributed by atoms with Gasteiger partial charge in [-0.2, -0.15) is 5.10 Å². The molecule has 2 N–H and O–H groups in total. The van der Waals surface area contributed by atoms with Crippen LogP contribution in [0, 0.1) is 0 Å². The predicted molar refractivity (Wildman–Crippen MR) is 87.7 cm³/mol. The van der Waals surface area contributed by atoms with Crippen molar-refractivity contribution in [2.45, 2.75) is 0 Å². The predicted octanol–water partition coefficient (Wildman–Crippen LogP) is 1.25. The molecule has 1 aliphatic rings. The molecule has 4 rings (SSSR count). The zero-order valence-electron chi connectivity index (χ0n) is 12.8. The average molecular weight is 336 g/mol. The molecule has 0 saturated heterocycles. The number of carbonyl (C=O) groups is 2. The molecule has 0 radical (unpaired) electrons. The molecule has 2 aromatic heterocycles. The summed E-state index contributed by atoms with van der Waals surface area (Å²) in [5, 5.41) is 9.48. The molecule has 0 atom stereocenters. The van der Waals surface area contributed by atoms with E-state index >= 15 is 0 Å². The van der Waals surface area contributed by atoms with Crippen molar-refractivity contribution >= 4 is 23.2 Å². The number of amides is 2. The molecule has 3 heterocycles. The Hall–Kier alpha value is -3.75. The van der Waals surface area contributed by atoms with Crippen LogP contribution in [0.1, 0.15) is 10.4 Å². The molecule has 2 amide bonds. The van der Waals surface area contributed by atoms with Gasteiger partial charge in [-0.25, -0.2) is 14.6 Å². The molecule has 9 heteroatoms. The minimum Gasteiger partial charge on any atom is -0.482 e. The average Bonchev–Trinajstić information content (AvgIpc) is 3.16. The lowest BCUT2D eigenvalue weighted by atomic mass is 10.2. The summed E-state index contributed by atoms with van der Waals surface area (Å²) in [6, 6.07) is 8.32. The first-order valence-electron chi connectivity index (χ1n) is 7.39. The van der Waals surface area contributed by atoms with E-state index in [0.29, 0.717) is 28.5 Å². The van der Waals surface area contributed by atoms with Crippen LogP contribution in [-0.2, 0) is 4.79 Å². The minimum absolute atomic E-state index is 0.0182. The zero-order chi connectivity index (χ0) is 17.2. The van der Waals surface area contributed by atoms with Crippen molar-refractivity contribution in [3.8, 4) is 11.6 Å². The van der Waals surface area contributed by atoms with Crippen molar-refractivity contribution in [2.75, 3.05) is 17.2 Å². The molecule has 1 aliphatic heterocycles. The molecule has 0 unspecified atom stereocenters. The number of benzene rings is 1. The van der Waals surface area contributed by atoms with Gasteiger partial charge in [-0.15, -0.1) is 0 Å². The second kappa shape index (κ2) is 6.04. The van der Waals surface area contributed by atoms with E-state index in [4.69, 9.17) is 4.74 Å². The van der Waals surface area contributed by atoms with E-state index in [2.05, 4.69) is 25.7 Å². The van der Waals surface area contributed by atoms with Crippen molar-refractivity contribution < 1.29 is 14.3 Å². The van der Waals surface area contributed by atoms with Gasteiger partial charge in [0.05, 0.1) is 11.3 Å². The van der Waals surface area contributed by atoms with Crippen molar-refractivity contribution in [1.29, 1.82) is 0 Å². The third kappa shape index (κ3) is 2.90. The zero-order valence-corrected chi connectivity index (χ0v) is 12.8. The summed E-state index contributed by atoms with van der Waals surface area (Å²) in [6.07, 6.45) is 4.40. The minimum atomic E-state index is -0.360. The lowest BCUT2D eigenvalue weighted by molar-refractivity contribution is -0.118. The maximum atomic E-state index is 12.6. The molecular weight excluding hydrogens is 324 g/mol. The standard InChI is InChI=1S/C16H12N6O3/c23-14-7-25-13-4-3-10(6-12(13)21-14)20-16(24)11-2-1-5-18-15(11)22-9-17-8-19-22/h1-6,8-9H,7H2,(H,20,24)(H,21,23). The lowest BCUT2D eigenvalue weighted by Gasteiger charge is -2.18. The number of rotatable bonds is 3. The molecule has 0 aliphatic carbocycles. The van der Waals surface area contributed by atoms with Gasteiger partial charge in [-0.1, -0.05) is 0 Å². The van der Waals surface area contributed by atoms with Crippen LogP contribution in [0.2, 0.25) is 0 Å². The number of ether oxygens (including phenoxy) is 1. The Kier molecular flexibility index (Phi) is 3.58. The van der Waals surface area contributed by atoms with E-state index in [9.17, 15) is 9.59 Å². The number of fused-ring (bicyclic) bond motifs is 1. The maximum Gasteiger partial charge on any atom is 0.262 e. The van der Waals surface area contributed by atoms with Gasteiger partial charge in [0.15, 0.2) is 12.4 Å². The Balaban J connectivity index is 1.61. The molecule has 3 aromatic rings. The summed E-state index contributed by atoms with van der Waals surface area (Å²) < 4.78 is 6.71. The largest absolute Gasteiger partial charge is 0.482 e. The number of nitrogens with zero attached hydrogens (tertiary/aromatic N) is 4. The number of anilines is 2. The molecule has 1 aromatic carbocycles. The number of hydrogen-bond acceptors (Lipinski definition) is 6. The second-order valence-electron chi connectivity index (χ2n) is 5.22. The molecule has 124 valence electrons. The van der Waals surface area contributed by atoms with Crippen LogP contribution < -0.4 is 15.4 Å². The van der Waals surface area contributed by atoms with Crippen molar-refractivity contribution in [2.24, 2.45) is 0 Å². The normalized spacial score (nSPS) is 12.7. The van der Waals surface area contributed by atoms with E-state index in [1.807, 2.05) is 0 Å². The molecular formula is C16H12N6O3. The first kappa shape index (κ1) is 14.8. The van der Waals surface area contributed by atoms with Gasteiger partial charge in [0.1, 0.15) is 18.4 Å². The molecule has 25 heavy (non-hydrogen) atoms. The number of hydrogen-bond donors (Lipinski definition) is 2. The fourth-order valence-electron chi connectivity index (χ4n) is 2.43. The van der Waals surface area contributed by atoms with Gasteiger partial charge in [-0.05, 0) is 30.3 Å². The summed E-state index contributed by atoms with van der Waals surface area (Å²) in [7, 11) is 0. The van der Waals surface area contributed by atoms with Crippen LogP contribution in [0.4, 0.5) is 11.4 Å². The number of pyridine rings is 1. The summed E-state index contributed by atoms with van der Waals surface area (Å²) in [5.74, 6) is 0.327. The van der Waals surface area contributed by atoms with Gasteiger partial charge in [0.2, 0.25) is 0 Å². The highest BCUT2D eigenvalue weighted by Gasteiger charge is 2.18. The highest BCUT2D eigenvalue weighted by molar-refractivity contribution is 6.07. The van der Waals surface area contributed by atoms with Crippen molar-refractivity contribution in [3.05, 3.63) is 54.7 Å². The summed E-state index contributed by atoms with van der Waals surface area (Å²) in [4.78, 5) is 32.1. The number of aromatic nitrogens is 4. The highest BCUT2D eigenvalue weighted by atomic mass is 16.5. The van der Waals surface area contributed by atoms with E-state index < -0.39 is 0 Å². The van der Waals surface area contributed by atoms with Gasteiger partial charge >= 0.3 is 0 Å². The maximum absolute atomic E-state index is 12.6. The third-order valence-corrected chi connectivity index (χ3v) is 3.54. The fourth-order valence-corrected chi connectivity index (χ4v) is 2.43. The van der Waals surface area contributed by atoms with Crippen LogP contribution in [0.3, 0.4) is 0 Å². The summed E-state index contributed by atoms with van der Waals surface area (Å²) in [5.41, 5.74) is 1.37. The van der Waals surface area contributed by atoms with E-state index in [1.165, 1.54) is 17.3 Å². The summed E-state index contributed by atoms with van der Waals surface area (Å²) in [6.45, 7) is -0.0182. The second-order valence-corrected chi connectivity index (χ2v) is 5.22. The van der Waals surface area contributed by atoms with Crippen LogP contribution >= 0.6 is 0 Å². The lowest BCUT2D eigenvalue weighted by Crippen LogP contribution is -2.25. The van der Waals surface area contributed by atoms with Crippen LogP contribution in [-0.4, -0.2) is 38.2 Å². The number of nitrogens with one attached hydrogen (secondary N) is 2. The van der Waals surface area contributed by atoms with Crippen LogP contribution in [0.5, 0.6) is 5.75 Å². The van der Waals surface area contributed by atoms with E-state index in [0.717, 1.165) is 0 Å². The summed E-state index contributed by atoms with van der Waals surface area (Å²) >= 11 is 0. The first-order chi connectivity index (χ1) is 12.2. The Morgan fingerprint density at radius 1 is 1.32 bits per heavy atom. The highest BCUT2D eigenvalue weighted by Crippen LogP contribution is 2.30. The van der Waals surface area contributed by atoms with Gasteiger partial charge in [-0.3, -0.25) is 9.59 Å². The Bertz CT molecular complexity index is 954. The van der Waals surface area contributed by atoms with Crippen LogP contribution in [0.25, 0.3) is 5.82 Å². The Morgan fingerprint density at radius 2 is 2.24 bits per heavy atom. The first-order valence-corrected chi connectivity index (χ1v) is 7.39. The third-order valence-electron chi connectivity index (χ3n) is 3.54. The van der Waals surface area contributed by atoms with E-state index in [1.54, 1.807) is 36.5 Å². The molecule has 9 nitrogen and oxygen atoms in total. The molecule has 0 spiro atoms. The topological polar surface area (TPSA) is 111 Å². The molecule has 0 fully saturated rings. The van der Waals surface area contributed by atoms with Gasteiger partial charge in [0, 0.05) is 11.9 Å². The SMILES string of the molecule is O=C1COc2ccc(NC(=O)c3cccnc3-n3cncn3)cc2N1. The van der Waals surface area contributed by atoms with Crippen LogP contribution in [0.15, 0.2) is 49.2 Å². The van der Waals surface area contributed by atoms with Crippen molar-refractivity contribution in [1.82, 2.24) is 19.7 Å². The fraction of sp³-hybridized carbons (Fsp3) is 0.0625. The van der Waals surface area contributed by atoms with E-state index in [-0.39, 0.29) is 18.4 Å². The Labute approximate surface area is 141 Å². The number of carbonyl (C=O) groups excluding carboxylic acids is 2. The monoisotopic (exact) mass is 336 g/mol. The molecule has 0 bridgehead atoms.